The molecule has 0 bridgehead atoms. The zero-order valence-corrected chi connectivity index (χ0v) is 14.0. The number of aliphatic hydroxyl groups is 1. The zero-order valence-electron chi connectivity index (χ0n) is 14.0. The minimum Gasteiger partial charge on any atom is -0.508 e. The summed E-state index contributed by atoms with van der Waals surface area (Å²) in [5.74, 6) is -0.396. The Morgan fingerprint density at radius 3 is 2.67 bits per heavy atom. The predicted molar refractivity (Wildman–Crippen MR) is 89.6 cm³/mol. The molecule has 1 aromatic rings. The fourth-order valence-corrected chi connectivity index (χ4v) is 3.94. The molecule has 3 rings (SSSR count). The lowest BCUT2D eigenvalue weighted by Gasteiger charge is -2.29. The average molecular weight is 330 g/mol. The summed E-state index contributed by atoms with van der Waals surface area (Å²) in [6.45, 7) is 4.42. The van der Waals surface area contributed by atoms with E-state index < -0.39 is 17.6 Å². The Hall–Kier alpha value is -2.11. The standard InChI is InChI=1S/C19H23NO4/c1-12-10-19(2,24)16-11-20(8-7-15(12)16)17(18(22)23)9-13-3-5-14(21)6-4-13/h3-8,12,17,21,24H,9-11H2,1-2H3,(H,22,23)/p+1/t12-,17+,19+/m1/s1. The Balaban J connectivity index is 1.81. The van der Waals surface area contributed by atoms with Gasteiger partial charge in [-0.25, -0.2) is 4.79 Å². The van der Waals surface area contributed by atoms with Crippen molar-refractivity contribution in [1.29, 1.82) is 0 Å². The molecule has 0 saturated carbocycles. The maximum Gasteiger partial charge on any atom is 0.363 e. The van der Waals surface area contributed by atoms with Crippen LogP contribution in [0.15, 0.2) is 47.7 Å². The smallest absolute Gasteiger partial charge is 0.363 e. The van der Waals surface area contributed by atoms with Crippen molar-refractivity contribution >= 4 is 5.97 Å². The van der Waals surface area contributed by atoms with Crippen LogP contribution in [0.5, 0.6) is 5.75 Å². The molecule has 0 aromatic heterocycles. The molecule has 5 heteroatoms. The van der Waals surface area contributed by atoms with Crippen molar-refractivity contribution in [2.75, 3.05) is 6.54 Å². The highest BCUT2D eigenvalue weighted by Crippen LogP contribution is 2.40. The van der Waals surface area contributed by atoms with E-state index in [1.54, 1.807) is 24.3 Å². The van der Waals surface area contributed by atoms with E-state index in [0.717, 1.165) is 21.6 Å². The number of benzene rings is 1. The van der Waals surface area contributed by atoms with Gasteiger partial charge >= 0.3 is 5.97 Å². The molecule has 1 aliphatic carbocycles. The van der Waals surface area contributed by atoms with E-state index in [-0.39, 0.29) is 5.75 Å². The molecule has 1 aliphatic heterocycles. The van der Waals surface area contributed by atoms with E-state index in [9.17, 15) is 20.1 Å². The highest BCUT2D eigenvalue weighted by atomic mass is 16.4. The Bertz CT molecular complexity index is 703. The van der Waals surface area contributed by atoms with E-state index in [2.05, 4.69) is 6.92 Å². The molecule has 1 unspecified atom stereocenters. The highest BCUT2D eigenvalue weighted by Gasteiger charge is 2.43. The maximum absolute atomic E-state index is 11.8. The van der Waals surface area contributed by atoms with Crippen molar-refractivity contribution in [3.05, 3.63) is 53.3 Å². The molecule has 5 nitrogen and oxygen atoms in total. The van der Waals surface area contributed by atoms with Gasteiger partial charge in [0.2, 0.25) is 0 Å². The Morgan fingerprint density at radius 2 is 2.04 bits per heavy atom. The molecule has 1 heterocycles. The first-order valence-corrected chi connectivity index (χ1v) is 8.28. The van der Waals surface area contributed by atoms with Crippen molar-refractivity contribution in [3.63, 3.8) is 0 Å². The zero-order chi connectivity index (χ0) is 17.5. The minimum atomic E-state index is -0.863. The van der Waals surface area contributed by atoms with E-state index in [1.165, 1.54) is 0 Å². The van der Waals surface area contributed by atoms with E-state index in [4.69, 9.17) is 0 Å². The van der Waals surface area contributed by atoms with Gasteiger partial charge in [-0.05, 0) is 48.6 Å². The van der Waals surface area contributed by atoms with Crippen LogP contribution in [-0.4, -0.2) is 39.5 Å². The Morgan fingerprint density at radius 1 is 1.38 bits per heavy atom. The number of aliphatic carboxylic acids is 1. The van der Waals surface area contributed by atoms with Crippen LogP contribution in [0.2, 0.25) is 0 Å². The second-order valence-electron chi connectivity index (χ2n) is 7.16. The molecule has 0 radical (unpaired) electrons. The van der Waals surface area contributed by atoms with Crippen LogP contribution < -0.4 is 4.90 Å². The normalized spacial score (nSPS) is 30.3. The number of phenolic OH excluding ortho intramolecular Hbond substituents is 1. The molecule has 0 amide bonds. The number of carbonyl (C=O) groups is 1. The molecular formula is C19H24NO4+. The van der Waals surface area contributed by atoms with Crippen LogP contribution in [0.3, 0.4) is 0 Å². The number of carboxylic acid groups (broad SMARTS) is 1. The van der Waals surface area contributed by atoms with E-state index in [1.807, 2.05) is 19.2 Å². The first-order valence-electron chi connectivity index (χ1n) is 8.28. The molecule has 24 heavy (non-hydrogen) atoms. The van der Waals surface area contributed by atoms with Crippen LogP contribution in [-0.2, 0) is 11.2 Å². The van der Waals surface area contributed by atoms with Crippen LogP contribution in [0, 0.1) is 5.92 Å². The van der Waals surface area contributed by atoms with Crippen LogP contribution >= 0.6 is 0 Å². The van der Waals surface area contributed by atoms with Gasteiger partial charge < -0.3 is 15.3 Å². The summed E-state index contributed by atoms with van der Waals surface area (Å²) in [7, 11) is 0. The summed E-state index contributed by atoms with van der Waals surface area (Å²) in [6, 6.07) is 6.00. The monoisotopic (exact) mass is 330 g/mol. The number of nitrogens with one attached hydrogen (secondary N) is 1. The minimum absolute atomic E-state index is 0.168. The maximum atomic E-state index is 11.8. The van der Waals surface area contributed by atoms with Crippen molar-refractivity contribution in [2.24, 2.45) is 5.92 Å². The number of rotatable bonds is 4. The SMILES string of the molecule is C[C@@H]1C[C@](C)(O)C2=C1C=C[NH+]([C@@H](Cc1ccc(O)cc1)C(=O)O)C2. The third kappa shape index (κ3) is 3.09. The van der Waals surface area contributed by atoms with Crippen molar-refractivity contribution in [2.45, 2.75) is 38.3 Å². The average Bonchev–Trinajstić information content (AvgIpc) is 2.75. The van der Waals surface area contributed by atoms with E-state index in [0.29, 0.717) is 25.3 Å². The van der Waals surface area contributed by atoms with Gasteiger partial charge in [0, 0.05) is 12.0 Å². The summed E-state index contributed by atoms with van der Waals surface area (Å²) in [6.07, 6.45) is 4.95. The van der Waals surface area contributed by atoms with Crippen molar-refractivity contribution < 1.29 is 25.0 Å². The number of carboxylic acids is 1. The van der Waals surface area contributed by atoms with Gasteiger partial charge in [0.1, 0.15) is 12.3 Å². The molecule has 1 aromatic carbocycles. The molecule has 128 valence electrons. The lowest BCUT2D eigenvalue weighted by molar-refractivity contribution is -0.861. The van der Waals surface area contributed by atoms with Crippen LogP contribution in [0.25, 0.3) is 0 Å². The summed E-state index contributed by atoms with van der Waals surface area (Å²) >= 11 is 0. The molecule has 4 atom stereocenters. The lowest BCUT2D eigenvalue weighted by atomic mass is 9.94. The van der Waals surface area contributed by atoms with Gasteiger partial charge in [0.25, 0.3) is 0 Å². The predicted octanol–water partition coefficient (Wildman–Crippen LogP) is 0.887. The number of hydrogen-bond donors (Lipinski definition) is 4. The van der Waals surface area contributed by atoms with Gasteiger partial charge in [-0.2, -0.15) is 0 Å². The molecule has 4 N–H and O–H groups in total. The number of quaternary nitrogens is 1. The second-order valence-corrected chi connectivity index (χ2v) is 7.16. The number of aromatic hydroxyl groups is 1. The molecule has 0 fully saturated rings. The summed E-state index contributed by atoms with van der Waals surface area (Å²) < 4.78 is 0. The van der Waals surface area contributed by atoms with Crippen molar-refractivity contribution in [1.82, 2.24) is 0 Å². The van der Waals surface area contributed by atoms with Gasteiger partial charge in [-0.3, -0.25) is 4.90 Å². The van der Waals surface area contributed by atoms with Gasteiger partial charge in [0.05, 0.1) is 11.8 Å². The number of allylic oxidation sites excluding steroid dienone is 2. The second kappa shape index (κ2) is 6.07. The highest BCUT2D eigenvalue weighted by molar-refractivity contribution is 5.72. The lowest BCUT2D eigenvalue weighted by Crippen LogP contribution is -3.13. The van der Waals surface area contributed by atoms with E-state index >= 15 is 0 Å². The quantitative estimate of drug-likeness (QED) is 0.661. The summed E-state index contributed by atoms with van der Waals surface area (Å²) in [4.78, 5) is 12.6. The first-order chi connectivity index (χ1) is 11.3. The van der Waals surface area contributed by atoms with Gasteiger partial charge in [-0.15, -0.1) is 0 Å². The first kappa shape index (κ1) is 16.7. The topological polar surface area (TPSA) is 82.2 Å². The number of phenols is 1. The third-order valence-corrected chi connectivity index (χ3v) is 5.21. The molecular weight excluding hydrogens is 306 g/mol. The fraction of sp³-hybridized carbons (Fsp3) is 0.421. The van der Waals surface area contributed by atoms with Gasteiger partial charge in [0.15, 0.2) is 6.04 Å². The fourth-order valence-electron chi connectivity index (χ4n) is 3.94. The number of hydrogen-bond acceptors (Lipinski definition) is 3. The Labute approximate surface area is 141 Å². The molecule has 0 spiro atoms. The van der Waals surface area contributed by atoms with Crippen LogP contribution in [0.1, 0.15) is 25.8 Å². The Kier molecular flexibility index (Phi) is 4.24. The largest absolute Gasteiger partial charge is 0.508 e. The van der Waals surface area contributed by atoms with Gasteiger partial charge in [-0.1, -0.05) is 19.1 Å². The summed E-state index contributed by atoms with van der Waals surface area (Å²) in [5, 5.41) is 29.7. The molecule has 0 saturated heterocycles. The summed E-state index contributed by atoms with van der Waals surface area (Å²) in [5.41, 5.74) is 2.13. The molecule has 2 aliphatic rings. The third-order valence-electron chi connectivity index (χ3n) is 5.21. The van der Waals surface area contributed by atoms with Crippen molar-refractivity contribution in [3.8, 4) is 5.75 Å². The van der Waals surface area contributed by atoms with Crippen LogP contribution in [0.4, 0.5) is 0 Å².